The first-order valence-corrected chi connectivity index (χ1v) is 3.96. The molecule has 7 nitrogen and oxygen atoms in total. The second kappa shape index (κ2) is 3.11. The lowest BCUT2D eigenvalue weighted by Gasteiger charge is -2.20. The summed E-state index contributed by atoms with van der Waals surface area (Å²) < 4.78 is 1.40. The topological polar surface area (TPSA) is 96.2 Å². The van der Waals surface area contributed by atoms with Gasteiger partial charge in [0.25, 0.3) is 5.91 Å². The molecule has 1 unspecified atom stereocenters. The lowest BCUT2D eigenvalue weighted by molar-refractivity contribution is -0.108. The first-order valence-electron chi connectivity index (χ1n) is 3.96. The van der Waals surface area contributed by atoms with Gasteiger partial charge in [0.1, 0.15) is 6.29 Å². The average Bonchev–Trinajstić information content (AvgIpc) is 2.49. The molecule has 1 amide bonds. The van der Waals surface area contributed by atoms with E-state index in [1.807, 2.05) is 0 Å². The zero-order valence-corrected chi connectivity index (χ0v) is 7.10. The van der Waals surface area contributed by atoms with Gasteiger partial charge in [0.15, 0.2) is 11.5 Å². The summed E-state index contributed by atoms with van der Waals surface area (Å²) in [6.45, 7) is 0.0630. The van der Waals surface area contributed by atoms with Crippen LogP contribution in [0.3, 0.4) is 0 Å². The summed E-state index contributed by atoms with van der Waals surface area (Å²) in [5.74, 6) is -0.172. The highest BCUT2D eigenvalue weighted by Gasteiger charge is 2.26. The number of fused-ring (bicyclic) bond motifs is 1. The van der Waals surface area contributed by atoms with E-state index < -0.39 is 12.3 Å². The molecule has 0 saturated heterocycles. The molecular weight excluding hydrogens is 188 g/mol. The minimum Gasteiger partial charge on any atom is -0.356 e. The van der Waals surface area contributed by atoms with Crippen LogP contribution >= 0.6 is 0 Å². The Morgan fingerprint density at radius 1 is 1.64 bits per heavy atom. The highest BCUT2D eigenvalue weighted by Crippen LogP contribution is 2.16. The van der Waals surface area contributed by atoms with Crippen LogP contribution in [0.4, 0.5) is 5.82 Å². The van der Waals surface area contributed by atoms with Gasteiger partial charge in [-0.3, -0.25) is 4.79 Å². The number of nitrogens with zero attached hydrogens (tertiary/aromatic N) is 2. The summed E-state index contributed by atoms with van der Waals surface area (Å²) in [6, 6.07) is 0. The molecule has 74 valence electrons. The number of imidazole rings is 1. The number of nitrogens with one attached hydrogen (secondary N) is 2. The van der Waals surface area contributed by atoms with Gasteiger partial charge in [-0.05, 0) is 0 Å². The van der Waals surface area contributed by atoms with Crippen LogP contribution in [0.1, 0.15) is 10.5 Å². The minimum atomic E-state index is -1.13. The van der Waals surface area contributed by atoms with Gasteiger partial charge < -0.3 is 25.1 Å². The van der Waals surface area contributed by atoms with Gasteiger partial charge in [-0.2, -0.15) is 0 Å². The van der Waals surface area contributed by atoms with Crippen molar-refractivity contribution < 1.29 is 14.7 Å². The number of aliphatic hydroxyl groups excluding tert-OH is 1. The zero-order valence-electron chi connectivity index (χ0n) is 7.10. The number of carbonyl (C=O) groups is 2. The summed E-state index contributed by atoms with van der Waals surface area (Å²) in [7, 11) is 0. The second-order valence-corrected chi connectivity index (χ2v) is 2.78. The van der Waals surface area contributed by atoms with Crippen molar-refractivity contribution >= 4 is 18.0 Å². The molecule has 7 heteroatoms. The van der Waals surface area contributed by atoms with Crippen molar-refractivity contribution in [2.75, 3.05) is 5.32 Å². The number of anilines is 1. The van der Waals surface area contributed by atoms with Crippen LogP contribution in [-0.4, -0.2) is 33.2 Å². The largest absolute Gasteiger partial charge is 0.356 e. The number of amides is 1. The monoisotopic (exact) mass is 196 g/mol. The molecule has 0 bridgehead atoms. The van der Waals surface area contributed by atoms with E-state index in [9.17, 15) is 9.59 Å². The molecule has 1 aliphatic heterocycles. The predicted octanol–water partition coefficient (Wildman–Crippen LogP) is -1.49. The first-order chi connectivity index (χ1) is 6.72. The Kier molecular flexibility index (Phi) is 1.93. The predicted molar refractivity (Wildman–Crippen MR) is 45.4 cm³/mol. The summed E-state index contributed by atoms with van der Waals surface area (Å²) in [5.41, 5.74) is 0.252. The number of carbonyl (C=O) groups excluding carboxylic acids is 2. The van der Waals surface area contributed by atoms with E-state index in [2.05, 4.69) is 15.6 Å². The molecule has 14 heavy (non-hydrogen) atoms. The Bertz CT molecular complexity index is 386. The second-order valence-electron chi connectivity index (χ2n) is 2.78. The quantitative estimate of drug-likeness (QED) is 0.501. The third kappa shape index (κ3) is 1.23. The number of aromatic nitrogens is 2. The molecule has 0 fully saturated rings. The van der Waals surface area contributed by atoms with E-state index in [-0.39, 0.29) is 18.1 Å². The van der Waals surface area contributed by atoms with Crippen LogP contribution in [-0.2, 0) is 11.3 Å². The fraction of sp³-hybridized carbons (Fsp3) is 0.286. The van der Waals surface area contributed by atoms with Crippen molar-refractivity contribution in [3.05, 3.63) is 12.0 Å². The third-order valence-corrected chi connectivity index (χ3v) is 1.87. The normalized spacial score (nSPS) is 19.5. The average molecular weight is 196 g/mol. The molecule has 2 rings (SSSR count). The van der Waals surface area contributed by atoms with Gasteiger partial charge in [0, 0.05) is 0 Å². The standard InChI is InChI=1S/C7H8N4O3/c12-2-1-11-3-8-5-4(11)6(13)10-7(14)9-5/h2-3,7,9,14H,1H2,(H,10,13). The molecule has 0 aromatic carbocycles. The molecule has 2 heterocycles. The smallest absolute Gasteiger partial charge is 0.275 e. The highest BCUT2D eigenvalue weighted by molar-refractivity contribution is 5.99. The van der Waals surface area contributed by atoms with Crippen LogP contribution in [0.25, 0.3) is 0 Å². The van der Waals surface area contributed by atoms with Crippen molar-refractivity contribution in [3.63, 3.8) is 0 Å². The van der Waals surface area contributed by atoms with Gasteiger partial charge >= 0.3 is 0 Å². The highest BCUT2D eigenvalue weighted by atomic mass is 16.3. The summed E-state index contributed by atoms with van der Waals surface area (Å²) in [4.78, 5) is 25.5. The first kappa shape index (κ1) is 8.70. The number of hydrogen-bond donors (Lipinski definition) is 3. The van der Waals surface area contributed by atoms with Gasteiger partial charge in [-0.25, -0.2) is 4.98 Å². The van der Waals surface area contributed by atoms with Gasteiger partial charge in [0.2, 0.25) is 6.35 Å². The maximum Gasteiger partial charge on any atom is 0.275 e. The van der Waals surface area contributed by atoms with Crippen LogP contribution in [0.2, 0.25) is 0 Å². The van der Waals surface area contributed by atoms with Crippen molar-refractivity contribution in [2.45, 2.75) is 12.9 Å². The van der Waals surface area contributed by atoms with Crippen molar-refractivity contribution in [1.29, 1.82) is 0 Å². The molecule has 0 aliphatic carbocycles. The Balaban J connectivity index is 2.41. The third-order valence-electron chi connectivity index (χ3n) is 1.87. The van der Waals surface area contributed by atoms with Crippen molar-refractivity contribution in [2.24, 2.45) is 0 Å². The molecule has 1 aliphatic rings. The molecule has 0 radical (unpaired) electrons. The SMILES string of the molecule is O=CCn1cnc2c1C(=O)NC(O)N2. The number of rotatable bonds is 2. The van der Waals surface area contributed by atoms with E-state index in [4.69, 9.17) is 5.11 Å². The lowest BCUT2D eigenvalue weighted by Crippen LogP contribution is -2.45. The summed E-state index contributed by atoms with van der Waals surface area (Å²) in [5, 5.41) is 13.9. The Hall–Kier alpha value is -1.89. The van der Waals surface area contributed by atoms with Crippen LogP contribution < -0.4 is 10.6 Å². The van der Waals surface area contributed by atoms with Gasteiger partial charge in [-0.1, -0.05) is 0 Å². The maximum absolute atomic E-state index is 11.4. The Morgan fingerprint density at radius 2 is 2.43 bits per heavy atom. The fourth-order valence-corrected chi connectivity index (χ4v) is 1.30. The Labute approximate surface area is 78.7 Å². The maximum atomic E-state index is 11.4. The molecular formula is C7H8N4O3. The van der Waals surface area contributed by atoms with Gasteiger partial charge in [-0.15, -0.1) is 0 Å². The van der Waals surface area contributed by atoms with E-state index in [0.717, 1.165) is 0 Å². The lowest BCUT2D eigenvalue weighted by atomic mass is 10.3. The fourth-order valence-electron chi connectivity index (χ4n) is 1.30. The summed E-state index contributed by atoms with van der Waals surface area (Å²) >= 11 is 0. The Morgan fingerprint density at radius 3 is 3.14 bits per heavy atom. The summed E-state index contributed by atoms with van der Waals surface area (Å²) in [6.07, 6.45) is 0.902. The van der Waals surface area contributed by atoms with Gasteiger partial charge in [0.05, 0.1) is 12.9 Å². The van der Waals surface area contributed by atoms with Crippen LogP contribution in [0.15, 0.2) is 6.33 Å². The molecule has 0 saturated carbocycles. The molecule has 0 spiro atoms. The van der Waals surface area contributed by atoms with Crippen molar-refractivity contribution in [3.8, 4) is 0 Å². The van der Waals surface area contributed by atoms with Crippen LogP contribution in [0.5, 0.6) is 0 Å². The molecule has 1 aromatic heterocycles. The number of aldehydes is 1. The molecule has 1 aromatic rings. The molecule has 3 N–H and O–H groups in total. The number of hydrogen-bond acceptors (Lipinski definition) is 5. The van der Waals surface area contributed by atoms with Crippen LogP contribution in [0, 0.1) is 0 Å². The molecule has 1 atom stereocenters. The van der Waals surface area contributed by atoms with E-state index >= 15 is 0 Å². The van der Waals surface area contributed by atoms with E-state index in [0.29, 0.717) is 6.29 Å². The minimum absolute atomic E-state index is 0.0630. The van der Waals surface area contributed by atoms with E-state index in [1.165, 1.54) is 10.9 Å². The zero-order chi connectivity index (χ0) is 10.1. The number of aliphatic hydroxyl groups is 1. The van der Waals surface area contributed by atoms with Crippen molar-refractivity contribution in [1.82, 2.24) is 14.9 Å². The van der Waals surface area contributed by atoms with E-state index in [1.54, 1.807) is 0 Å².